The molecule has 0 unspecified atom stereocenters. The monoisotopic (exact) mass is 377 g/mol. The fraction of sp³-hybridized carbons (Fsp3) is 0.526. The van der Waals surface area contributed by atoms with Crippen LogP contribution in [-0.4, -0.2) is 46.7 Å². The number of piperidine rings is 3. The lowest BCUT2D eigenvalue weighted by Gasteiger charge is -2.51. The molecule has 0 radical (unpaired) electrons. The number of thiazole rings is 1. The van der Waals surface area contributed by atoms with Crippen molar-refractivity contribution in [2.45, 2.75) is 37.5 Å². The van der Waals surface area contributed by atoms with Gasteiger partial charge in [-0.3, -0.25) is 4.90 Å². The summed E-state index contributed by atoms with van der Waals surface area (Å²) in [5, 5.41) is 12.2. The lowest BCUT2D eigenvalue weighted by atomic mass is 9.75. The number of nitrogens with zero attached hydrogens (tertiary/aromatic N) is 3. The van der Waals surface area contributed by atoms with Gasteiger partial charge in [-0.15, -0.1) is 11.3 Å². The molecule has 1 N–H and O–H groups in total. The highest BCUT2D eigenvalue weighted by Gasteiger charge is 2.54. The molecule has 0 saturated carbocycles. The maximum Gasteiger partial charge on any atom is 0.185 e. The first-order valence-corrected chi connectivity index (χ1v) is 10.0. The van der Waals surface area contributed by atoms with Crippen LogP contribution in [0.25, 0.3) is 0 Å². The van der Waals surface area contributed by atoms with Crippen molar-refractivity contribution >= 4 is 16.5 Å². The van der Waals surface area contributed by atoms with Gasteiger partial charge in [0.05, 0.1) is 18.3 Å². The quantitative estimate of drug-likeness (QED) is 0.893. The fourth-order valence-electron chi connectivity index (χ4n) is 5.23. The third-order valence-corrected chi connectivity index (χ3v) is 7.18. The van der Waals surface area contributed by atoms with Crippen LogP contribution in [0.3, 0.4) is 0 Å². The number of hydrogen-bond donors (Lipinski definition) is 1. The Kier molecular flexibility index (Phi) is 3.99. The van der Waals surface area contributed by atoms with Crippen molar-refractivity contribution in [1.29, 1.82) is 0 Å². The Morgan fingerprint density at radius 3 is 2.50 bits per heavy atom. The maximum atomic E-state index is 13.9. The second-order valence-corrected chi connectivity index (χ2v) is 8.43. The highest BCUT2D eigenvalue weighted by atomic mass is 32.1. The standard InChI is InChI=1S/C19H21F2N3OS/c20-13-5-12(6-14(21)7-13)16-8-24(19-22-15(9-25)10-26-19)17-11-1-3-23(4-2-11)18(16)17/h5-7,10-11,16-18,25H,1-4,8-9H2/t16-,17-,18-/m1/s1. The van der Waals surface area contributed by atoms with Crippen LogP contribution in [0.1, 0.15) is 30.0 Å². The second-order valence-electron chi connectivity index (χ2n) is 7.60. The largest absolute Gasteiger partial charge is 0.390 e. The summed E-state index contributed by atoms with van der Waals surface area (Å²) in [4.78, 5) is 9.41. The van der Waals surface area contributed by atoms with Crippen LogP contribution < -0.4 is 4.90 Å². The summed E-state index contributed by atoms with van der Waals surface area (Å²) in [6, 6.07) is 4.50. The van der Waals surface area contributed by atoms with E-state index in [1.54, 1.807) is 11.3 Å². The Hall–Kier alpha value is -1.57. The van der Waals surface area contributed by atoms with Crippen LogP contribution in [0.15, 0.2) is 23.6 Å². The molecule has 0 aliphatic carbocycles. The predicted molar refractivity (Wildman–Crippen MR) is 96.4 cm³/mol. The van der Waals surface area contributed by atoms with E-state index in [4.69, 9.17) is 0 Å². The third kappa shape index (κ3) is 2.56. The summed E-state index contributed by atoms with van der Waals surface area (Å²) >= 11 is 1.55. The Labute approximate surface area is 155 Å². The Morgan fingerprint density at radius 1 is 1.12 bits per heavy atom. The Morgan fingerprint density at radius 2 is 1.85 bits per heavy atom. The summed E-state index contributed by atoms with van der Waals surface area (Å²) in [5.41, 5.74) is 1.43. The molecule has 26 heavy (non-hydrogen) atoms. The van der Waals surface area contributed by atoms with Crippen LogP contribution in [-0.2, 0) is 6.61 Å². The third-order valence-electron chi connectivity index (χ3n) is 6.25. The minimum atomic E-state index is -0.511. The Bertz CT molecular complexity index is 801. The van der Waals surface area contributed by atoms with Gasteiger partial charge < -0.3 is 10.0 Å². The molecule has 138 valence electrons. The minimum Gasteiger partial charge on any atom is -0.390 e. The summed E-state index contributed by atoms with van der Waals surface area (Å²) < 4.78 is 27.7. The molecular formula is C19H21F2N3OS. The number of aliphatic hydroxyl groups excluding tert-OH is 1. The number of rotatable bonds is 3. The zero-order chi connectivity index (χ0) is 17.8. The lowest BCUT2D eigenvalue weighted by Crippen LogP contribution is -2.60. The van der Waals surface area contributed by atoms with Crippen LogP contribution in [0.5, 0.6) is 0 Å². The van der Waals surface area contributed by atoms with Gasteiger partial charge >= 0.3 is 0 Å². The van der Waals surface area contributed by atoms with Crippen molar-refractivity contribution in [2.75, 3.05) is 24.5 Å². The highest BCUT2D eigenvalue weighted by molar-refractivity contribution is 7.13. The van der Waals surface area contributed by atoms with Crippen LogP contribution in [0.4, 0.5) is 13.9 Å². The molecule has 5 heterocycles. The molecule has 2 bridgehead atoms. The minimum absolute atomic E-state index is 0.0630. The number of anilines is 1. The number of fused-ring (bicyclic) bond motifs is 2. The van der Waals surface area contributed by atoms with Gasteiger partial charge in [-0.05, 0) is 49.5 Å². The molecule has 1 aromatic carbocycles. The zero-order valence-corrected chi connectivity index (χ0v) is 15.1. The molecule has 4 fully saturated rings. The maximum absolute atomic E-state index is 13.9. The van der Waals surface area contributed by atoms with E-state index in [2.05, 4.69) is 14.8 Å². The molecule has 4 aliphatic heterocycles. The van der Waals surface area contributed by atoms with E-state index in [0.717, 1.165) is 29.9 Å². The molecule has 6 rings (SSSR count). The molecule has 1 aromatic heterocycles. The summed E-state index contributed by atoms with van der Waals surface area (Å²) in [5.74, 6) is -0.366. The molecule has 4 aliphatic rings. The number of benzene rings is 1. The zero-order valence-electron chi connectivity index (χ0n) is 14.3. The first-order valence-electron chi connectivity index (χ1n) is 9.16. The van der Waals surface area contributed by atoms with E-state index in [-0.39, 0.29) is 18.6 Å². The van der Waals surface area contributed by atoms with Crippen LogP contribution in [0.2, 0.25) is 0 Å². The summed E-state index contributed by atoms with van der Waals surface area (Å²) in [7, 11) is 0. The normalized spacial score (nSPS) is 32.9. The van der Waals surface area contributed by atoms with Gasteiger partial charge in [-0.1, -0.05) is 0 Å². The predicted octanol–water partition coefficient (Wildman–Crippen LogP) is 2.98. The highest BCUT2D eigenvalue weighted by Crippen LogP contribution is 2.48. The van der Waals surface area contributed by atoms with Crippen molar-refractivity contribution in [1.82, 2.24) is 9.88 Å². The van der Waals surface area contributed by atoms with Crippen LogP contribution >= 0.6 is 11.3 Å². The van der Waals surface area contributed by atoms with Crippen molar-refractivity contribution in [3.05, 3.63) is 46.5 Å². The smallest absolute Gasteiger partial charge is 0.185 e. The molecule has 3 atom stereocenters. The SMILES string of the molecule is OCc1csc(N2C[C@H](c3cc(F)cc(F)c3)[C@@H]3[C@H]2C2CCN3CC2)n1. The molecule has 4 saturated heterocycles. The molecule has 7 heteroatoms. The molecule has 4 nitrogen and oxygen atoms in total. The topological polar surface area (TPSA) is 39.6 Å². The van der Waals surface area contributed by atoms with E-state index in [1.165, 1.54) is 25.0 Å². The van der Waals surface area contributed by atoms with E-state index in [0.29, 0.717) is 24.2 Å². The summed E-state index contributed by atoms with van der Waals surface area (Å²) in [6.07, 6.45) is 2.33. The fourth-order valence-corrected chi connectivity index (χ4v) is 6.10. The van der Waals surface area contributed by atoms with Crippen LogP contribution in [0, 0.1) is 17.6 Å². The van der Waals surface area contributed by atoms with E-state index in [1.807, 2.05) is 5.38 Å². The Balaban J connectivity index is 1.56. The van der Waals surface area contributed by atoms with E-state index >= 15 is 0 Å². The number of aromatic nitrogens is 1. The molecular weight excluding hydrogens is 356 g/mol. The van der Waals surface area contributed by atoms with Gasteiger partial charge in [0.15, 0.2) is 5.13 Å². The average Bonchev–Trinajstić information content (AvgIpc) is 3.27. The molecule has 2 aromatic rings. The van der Waals surface area contributed by atoms with E-state index < -0.39 is 11.6 Å². The number of aliphatic hydroxyl groups is 1. The van der Waals surface area contributed by atoms with Crippen molar-refractivity contribution in [3.8, 4) is 0 Å². The van der Waals surface area contributed by atoms with Gasteiger partial charge in [0, 0.05) is 30.0 Å². The van der Waals surface area contributed by atoms with Gasteiger partial charge in [-0.25, -0.2) is 13.8 Å². The molecule has 0 spiro atoms. The van der Waals surface area contributed by atoms with Gasteiger partial charge in [0.25, 0.3) is 0 Å². The van der Waals surface area contributed by atoms with Crippen molar-refractivity contribution in [2.24, 2.45) is 5.92 Å². The number of hydrogen-bond acceptors (Lipinski definition) is 5. The first-order chi connectivity index (χ1) is 12.6. The van der Waals surface area contributed by atoms with Gasteiger partial charge in [0.1, 0.15) is 11.6 Å². The van der Waals surface area contributed by atoms with E-state index in [9.17, 15) is 13.9 Å². The second kappa shape index (κ2) is 6.25. The van der Waals surface area contributed by atoms with Crippen molar-refractivity contribution in [3.63, 3.8) is 0 Å². The average molecular weight is 377 g/mol. The molecule has 0 amide bonds. The first kappa shape index (κ1) is 16.6. The van der Waals surface area contributed by atoms with Gasteiger partial charge in [0.2, 0.25) is 0 Å². The summed E-state index contributed by atoms with van der Waals surface area (Å²) in [6.45, 7) is 2.78. The van der Waals surface area contributed by atoms with Gasteiger partial charge in [-0.2, -0.15) is 0 Å². The van der Waals surface area contributed by atoms with Crippen molar-refractivity contribution < 1.29 is 13.9 Å². The number of halogens is 2. The lowest BCUT2D eigenvalue weighted by molar-refractivity contribution is 0.0355.